The molecule has 3 nitrogen and oxygen atoms in total. The van der Waals surface area contributed by atoms with Crippen molar-refractivity contribution in [1.82, 2.24) is 0 Å². The van der Waals surface area contributed by atoms with Gasteiger partial charge in [0.15, 0.2) is 11.5 Å². The molecule has 0 aliphatic carbocycles. The summed E-state index contributed by atoms with van der Waals surface area (Å²) in [7, 11) is 0. The van der Waals surface area contributed by atoms with Crippen LogP contribution >= 0.6 is 11.8 Å². The van der Waals surface area contributed by atoms with Crippen molar-refractivity contribution in [3.05, 3.63) is 18.2 Å². The molecule has 1 fully saturated rings. The van der Waals surface area contributed by atoms with E-state index in [1.807, 2.05) is 17.8 Å². The van der Waals surface area contributed by atoms with Crippen LogP contribution in [0, 0.1) is 5.41 Å². The second-order valence-electron chi connectivity index (χ2n) is 6.44. The molecular weight excluding hydrogens is 270 g/mol. The summed E-state index contributed by atoms with van der Waals surface area (Å²) in [5.41, 5.74) is 1.56. The standard InChI is InChI=1S/C16H23NO2S/c1-16(2)9-13(10-20-11-16)17-12-4-5-14-15(8-12)19-7-3-6-18-14/h4-5,8,13,17H,3,6-7,9-11H2,1-2H3. The van der Waals surface area contributed by atoms with Crippen LogP contribution in [0.1, 0.15) is 26.7 Å². The summed E-state index contributed by atoms with van der Waals surface area (Å²) in [5.74, 6) is 4.17. The fourth-order valence-corrected chi connectivity index (χ4v) is 4.12. The van der Waals surface area contributed by atoms with E-state index in [2.05, 4.69) is 31.3 Å². The van der Waals surface area contributed by atoms with E-state index in [0.29, 0.717) is 11.5 Å². The van der Waals surface area contributed by atoms with Gasteiger partial charge in [0.2, 0.25) is 0 Å². The SMILES string of the molecule is CC1(C)CSCC(Nc2ccc3c(c2)OCCCO3)C1. The zero-order valence-electron chi connectivity index (χ0n) is 12.3. The summed E-state index contributed by atoms with van der Waals surface area (Å²) in [6.07, 6.45) is 2.17. The minimum Gasteiger partial charge on any atom is -0.490 e. The number of thioether (sulfide) groups is 1. The summed E-state index contributed by atoms with van der Waals surface area (Å²) in [5, 5.41) is 3.65. The maximum atomic E-state index is 5.75. The van der Waals surface area contributed by atoms with E-state index in [0.717, 1.165) is 36.8 Å². The second-order valence-corrected chi connectivity index (χ2v) is 7.47. The zero-order chi connectivity index (χ0) is 14.0. The molecule has 0 saturated carbocycles. The van der Waals surface area contributed by atoms with Gasteiger partial charge < -0.3 is 14.8 Å². The Morgan fingerprint density at radius 3 is 2.80 bits per heavy atom. The van der Waals surface area contributed by atoms with Crippen molar-refractivity contribution in [2.45, 2.75) is 32.7 Å². The molecule has 1 unspecified atom stereocenters. The summed E-state index contributed by atoms with van der Waals surface area (Å²) in [4.78, 5) is 0. The fourth-order valence-electron chi connectivity index (χ4n) is 2.84. The van der Waals surface area contributed by atoms with Gasteiger partial charge in [0.05, 0.1) is 13.2 Å². The lowest BCUT2D eigenvalue weighted by atomic mass is 9.88. The number of fused-ring (bicyclic) bond motifs is 1. The zero-order valence-corrected chi connectivity index (χ0v) is 13.1. The van der Waals surface area contributed by atoms with E-state index in [1.54, 1.807) is 0 Å². The molecule has 1 atom stereocenters. The summed E-state index contributed by atoms with van der Waals surface area (Å²) < 4.78 is 11.4. The molecule has 0 bridgehead atoms. The highest BCUT2D eigenvalue weighted by Crippen LogP contribution is 2.36. The van der Waals surface area contributed by atoms with Crippen LogP contribution in [-0.2, 0) is 0 Å². The first-order chi connectivity index (χ1) is 9.62. The molecule has 2 aliphatic heterocycles. The molecule has 2 aliphatic rings. The molecule has 0 spiro atoms. The molecule has 110 valence electrons. The molecule has 0 aromatic heterocycles. The van der Waals surface area contributed by atoms with Gasteiger partial charge in [-0.05, 0) is 29.7 Å². The lowest BCUT2D eigenvalue weighted by Crippen LogP contribution is -2.35. The van der Waals surface area contributed by atoms with E-state index in [4.69, 9.17) is 9.47 Å². The molecule has 1 N–H and O–H groups in total. The molecule has 4 heteroatoms. The van der Waals surface area contributed by atoms with Crippen molar-refractivity contribution >= 4 is 17.4 Å². The molecule has 1 aromatic carbocycles. The van der Waals surface area contributed by atoms with Crippen LogP contribution in [0.25, 0.3) is 0 Å². The first kappa shape index (κ1) is 13.9. The van der Waals surface area contributed by atoms with Gasteiger partial charge in [-0.25, -0.2) is 0 Å². The van der Waals surface area contributed by atoms with Crippen molar-refractivity contribution in [2.24, 2.45) is 5.41 Å². The van der Waals surface area contributed by atoms with Crippen molar-refractivity contribution in [3.63, 3.8) is 0 Å². The molecular formula is C16H23NO2S. The lowest BCUT2D eigenvalue weighted by Gasteiger charge is -2.35. The molecule has 0 radical (unpaired) electrons. The minimum atomic E-state index is 0.423. The normalized spacial score (nSPS) is 24.8. The van der Waals surface area contributed by atoms with Gasteiger partial charge in [-0.2, -0.15) is 11.8 Å². The third-order valence-corrected chi connectivity index (χ3v) is 5.35. The monoisotopic (exact) mass is 293 g/mol. The van der Waals surface area contributed by atoms with Gasteiger partial charge in [0.25, 0.3) is 0 Å². The number of rotatable bonds is 2. The van der Waals surface area contributed by atoms with Crippen molar-refractivity contribution in [1.29, 1.82) is 0 Å². The molecule has 2 heterocycles. The summed E-state index contributed by atoms with van der Waals surface area (Å²) in [6.45, 7) is 6.18. The van der Waals surface area contributed by atoms with Crippen molar-refractivity contribution in [2.75, 3.05) is 30.0 Å². The molecule has 1 aromatic rings. The van der Waals surface area contributed by atoms with E-state index < -0.39 is 0 Å². The van der Waals surface area contributed by atoms with Crippen LogP contribution in [0.5, 0.6) is 11.5 Å². The highest BCUT2D eigenvalue weighted by Gasteiger charge is 2.28. The topological polar surface area (TPSA) is 30.5 Å². The lowest BCUT2D eigenvalue weighted by molar-refractivity contribution is 0.297. The second kappa shape index (κ2) is 5.76. The highest BCUT2D eigenvalue weighted by molar-refractivity contribution is 7.99. The van der Waals surface area contributed by atoms with Crippen LogP contribution < -0.4 is 14.8 Å². The summed E-state index contributed by atoms with van der Waals surface area (Å²) >= 11 is 2.04. The molecule has 1 saturated heterocycles. The Balaban J connectivity index is 1.70. The third-order valence-electron chi connectivity index (χ3n) is 3.73. The average Bonchev–Trinajstić information content (AvgIpc) is 2.62. The van der Waals surface area contributed by atoms with Gasteiger partial charge in [-0.15, -0.1) is 0 Å². The van der Waals surface area contributed by atoms with Gasteiger partial charge in [0.1, 0.15) is 0 Å². The molecule has 0 amide bonds. The van der Waals surface area contributed by atoms with Gasteiger partial charge in [-0.1, -0.05) is 13.8 Å². The largest absolute Gasteiger partial charge is 0.490 e. The number of benzene rings is 1. The van der Waals surface area contributed by atoms with Crippen LogP contribution in [0.4, 0.5) is 5.69 Å². The average molecular weight is 293 g/mol. The van der Waals surface area contributed by atoms with Crippen LogP contribution in [-0.4, -0.2) is 30.8 Å². The quantitative estimate of drug-likeness (QED) is 0.898. The van der Waals surface area contributed by atoms with E-state index in [1.165, 1.54) is 17.9 Å². The third kappa shape index (κ3) is 3.35. The highest BCUT2D eigenvalue weighted by atomic mass is 32.2. The molecule has 20 heavy (non-hydrogen) atoms. The van der Waals surface area contributed by atoms with Gasteiger partial charge >= 0.3 is 0 Å². The smallest absolute Gasteiger partial charge is 0.163 e. The van der Waals surface area contributed by atoms with Gasteiger partial charge in [-0.3, -0.25) is 0 Å². The number of nitrogens with one attached hydrogen (secondary N) is 1. The maximum Gasteiger partial charge on any atom is 0.163 e. The Morgan fingerprint density at radius 1 is 1.20 bits per heavy atom. The van der Waals surface area contributed by atoms with E-state index in [-0.39, 0.29) is 0 Å². The predicted octanol–water partition coefficient (Wildman–Crippen LogP) is 3.79. The first-order valence-electron chi connectivity index (χ1n) is 7.36. The molecule has 3 rings (SSSR count). The fraction of sp³-hybridized carbons (Fsp3) is 0.625. The first-order valence-corrected chi connectivity index (χ1v) is 8.52. The van der Waals surface area contributed by atoms with Crippen LogP contribution in [0.2, 0.25) is 0 Å². The van der Waals surface area contributed by atoms with E-state index >= 15 is 0 Å². The minimum absolute atomic E-state index is 0.423. The van der Waals surface area contributed by atoms with Crippen LogP contribution in [0.3, 0.4) is 0 Å². The van der Waals surface area contributed by atoms with E-state index in [9.17, 15) is 0 Å². The van der Waals surface area contributed by atoms with Crippen molar-refractivity contribution < 1.29 is 9.47 Å². The van der Waals surface area contributed by atoms with Crippen molar-refractivity contribution in [3.8, 4) is 11.5 Å². The number of anilines is 1. The number of ether oxygens (including phenoxy) is 2. The summed E-state index contributed by atoms with van der Waals surface area (Å²) in [6, 6.07) is 6.73. The maximum absolute atomic E-state index is 5.75. The number of hydrogen-bond donors (Lipinski definition) is 1. The van der Waals surface area contributed by atoms with Crippen LogP contribution in [0.15, 0.2) is 18.2 Å². The Hall–Kier alpha value is -1.03. The van der Waals surface area contributed by atoms with Gasteiger partial charge in [0, 0.05) is 30.0 Å². The Bertz CT molecular complexity index is 476. The Kier molecular flexibility index (Phi) is 4.01. The Morgan fingerprint density at radius 2 is 2.00 bits per heavy atom. The Labute approximate surface area is 125 Å². The number of hydrogen-bond acceptors (Lipinski definition) is 4. The predicted molar refractivity (Wildman–Crippen MR) is 85.2 cm³/mol.